The molecule has 0 N–H and O–H groups in total. The van der Waals surface area contributed by atoms with Crippen LogP contribution in [0.4, 0.5) is 4.79 Å². The van der Waals surface area contributed by atoms with E-state index in [9.17, 15) is 9.59 Å². The lowest BCUT2D eigenvalue weighted by Crippen LogP contribution is -2.60. The Kier molecular flexibility index (Phi) is 9.33. The van der Waals surface area contributed by atoms with Gasteiger partial charge in [-0.15, -0.1) is 0 Å². The number of carbonyl (C=O) groups excluding carboxylic acids is 2. The number of likely N-dealkylation sites (tertiary alicyclic amines) is 1. The summed E-state index contributed by atoms with van der Waals surface area (Å²) in [5, 5.41) is 0. The first-order valence-electron chi connectivity index (χ1n) is 20.8. The van der Waals surface area contributed by atoms with Crippen LogP contribution in [0.5, 0.6) is 0 Å². The predicted octanol–water partition coefficient (Wildman–Crippen LogP) is 7.30. The average molecular weight is 678 g/mol. The Balaban J connectivity index is 0.978. The van der Waals surface area contributed by atoms with Gasteiger partial charge in [-0.1, -0.05) is 71.4 Å². The Morgan fingerprint density at radius 2 is 1.73 bits per heavy atom. The topological polar surface area (TPSA) is 62.3 Å². The SMILES string of the molecule is CC(C)C1=CC2CC3(C=O)[C@@H]4CC[C@@H](C)[C@H]4CC2([C@H]2C[C@H](CC4CCCC4)[C@H](CN4CCC(COC(=O)N5CCN(C)CC5)CC4)O2)[C@]13C. The minimum atomic E-state index is -0.224. The lowest BCUT2D eigenvalue weighted by molar-refractivity contribution is -0.168. The van der Waals surface area contributed by atoms with Gasteiger partial charge < -0.3 is 29.0 Å². The number of hydrogen-bond acceptors (Lipinski definition) is 6. The summed E-state index contributed by atoms with van der Waals surface area (Å²) in [6.45, 7) is 16.9. The van der Waals surface area contributed by atoms with Crippen LogP contribution >= 0.6 is 0 Å². The monoisotopic (exact) mass is 678 g/mol. The van der Waals surface area contributed by atoms with E-state index in [0.717, 1.165) is 71.0 Å². The number of likely N-dealkylation sites (N-methyl/N-ethyl adjacent to an activating group) is 1. The second-order valence-electron chi connectivity index (χ2n) is 19.1. The van der Waals surface area contributed by atoms with Crippen LogP contribution < -0.4 is 0 Å². The van der Waals surface area contributed by atoms with Crippen molar-refractivity contribution in [1.82, 2.24) is 14.7 Å². The molecule has 7 fully saturated rings. The highest BCUT2D eigenvalue weighted by Crippen LogP contribution is 2.84. The van der Waals surface area contributed by atoms with E-state index in [1.807, 2.05) is 4.90 Å². The molecule has 7 heteroatoms. The highest BCUT2D eigenvalue weighted by molar-refractivity contribution is 5.69. The molecule has 0 aromatic carbocycles. The molecule has 4 saturated carbocycles. The molecule has 5 aliphatic carbocycles. The summed E-state index contributed by atoms with van der Waals surface area (Å²) in [6.07, 6.45) is 19.7. The third kappa shape index (κ3) is 5.42. The molecule has 3 aliphatic heterocycles. The maximum Gasteiger partial charge on any atom is 0.409 e. The summed E-state index contributed by atoms with van der Waals surface area (Å²) < 4.78 is 13.4. The smallest absolute Gasteiger partial charge is 0.409 e. The Morgan fingerprint density at radius 1 is 1.00 bits per heavy atom. The Morgan fingerprint density at radius 3 is 2.43 bits per heavy atom. The van der Waals surface area contributed by atoms with Crippen molar-refractivity contribution in [1.29, 1.82) is 0 Å². The van der Waals surface area contributed by atoms with Crippen LogP contribution in [0.25, 0.3) is 0 Å². The molecule has 8 rings (SSSR count). The van der Waals surface area contributed by atoms with Gasteiger partial charge in [0.1, 0.15) is 6.29 Å². The van der Waals surface area contributed by atoms with Gasteiger partial charge in [0.15, 0.2) is 0 Å². The zero-order chi connectivity index (χ0) is 34.1. The van der Waals surface area contributed by atoms with Crippen LogP contribution in [0.3, 0.4) is 0 Å². The Hall–Kier alpha value is -1.44. The normalized spacial score (nSPS) is 44.6. The van der Waals surface area contributed by atoms with Crippen molar-refractivity contribution in [3.05, 3.63) is 11.6 Å². The number of carbonyl (C=O) groups is 2. The molecule has 3 unspecified atom stereocenters. The first kappa shape index (κ1) is 34.6. The maximum absolute atomic E-state index is 13.6. The van der Waals surface area contributed by atoms with Crippen molar-refractivity contribution < 1.29 is 19.1 Å². The number of rotatable bonds is 9. The standard InChI is InChI=1S/C42H67N3O4/c1-28(2)36-22-33-23-41(27-46)35-11-10-29(3)34(35)24-42(33,40(36,41)4)38-21-32(20-30-8-6-7-9-30)37(49-38)25-44-14-12-31(13-15-44)26-48-39(47)45-18-16-43(5)17-19-45/h22,27-35,37-38H,6-21,23-26H2,1-5H3/t29-,32+,33?,34-,35-,37+,38-,40-,41?,42?/m1/s1. The predicted molar refractivity (Wildman–Crippen MR) is 193 cm³/mol. The fourth-order valence-corrected chi connectivity index (χ4v) is 14.0. The zero-order valence-corrected chi connectivity index (χ0v) is 31.5. The number of ether oxygens (including phenoxy) is 2. The van der Waals surface area contributed by atoms with Gasteiger partial charge in [-0.25, -0.2) is 4.79 Å². The van der Waals surface area contributed by atoms with E-state index in [-0.39, 0.29) is 34.5 Å². The van der Waals surface area contributed by atoms with Crippen LogP contribution in [0.15, 0.2) is 11.6 Å². The highest BCUT2D eigenvalue weighted by atomic mass is 16.6. The number of piperazine rings is 1. The second-order valence-corrected chi connectivity index (χ2v) is 19.1. The molecule has 7 nitrogen and oxygen atoms in total. The van der Waals surface area contributed by atoms with E-state index < -0.39 is 0 Å². The van der Waals surface area contributed by atoms with Gasteiger partial charge in [0.25, 0.3) is 0 Å². The molecule has 49 heavy (non-hydrogen) atoms. The average Bonchev–Trinajstić information content (AvgIpc) is 3.90. The molecule has 4 bridgehead atoms. The van der Waals surface area contributed by atoms with Crippen LogP contribution in [0.1, 0.15) is 105 Å². The number of piperidine rings is 1. The molecule has 0 aromatic rings. The largest absolute Gasteiger partial charge is 0.449 e. The van der Waals surface area contributed by atoms with Gasteiger partial charge >= 0.3 is 6.09 Å². The summed E-state index contributed by atoms with van der Waals surface area (Å²) in [5.41, 5.74) is 1.32. The summed E-state index contributed by atoms with van der Waals surface area (Å²) in [7, 11) is 2.11. The second kappa shape index (κ2) is 13.2. The Labute approximate surface area is 297 Å². The molecule has 8 aliphatic rings. The molecule has 0 aromatic heterocycles. The van der Waals surface area contributed by atoms with Crippen molar-refractivity contribution in [2.24, 2.45) is 63.6 Å². The molecule has 3 heterocycles. The van der Waals surface area contributed by atoms with E-state index in [0.29, 0.717) is 48.0 Å². The number of allylic oxidation sites excluding steroid dienone is 2. The zero-order valence-electron chi connectivity index (χ0n) is 31.5. The van der Waals surface area contributed by atoms with Gasteiger partial charge in [-0.3, -0.25) is 0 Å². The van der Waals surface area contributed by atoms with Gasteiger partial charge in [0.05, 0.1) is 18.8 Å². The van der Waals surface area contributed by atoms with Crippen LogP contribution in [0, 0.1) is 63.6 Å². The molecule has 1 amide bonds. The first-order valence-corrected chi connectivity index (χ1v) is 20.8. The van der Waals surface area contributed by atoms with Crippen molar-refractivity contribution in [3.8, 4) is 0 Å². The van der Waals surface area contributed by atoms with Crippen LogP contribution in [-0.2, 0) is 14.3 Å². The van der Waals surface area contributed by atoms with Crippen LogP contribution in [0.2, 0.25) is 0 Å². The lowest BCUT2D eigenvalue weighted by Gasteiger charge is -2.61. The van der Waals surface area contributed by atoms with E-state index in [1.54, 1.807) is 5.57 Å². The van der Waals surface area contributed by atoms with Crippen molar-refractivity contribution in [2.75, 3.05) is 59.5 Å². The summed E-state index contributed by atoms with van der Waals surface area (Å²) in [6, 6.07) is 0. The van der Waals surface area contributed by atoms with Crippen LogP contribution in [-0.4, -0.2) is 98.8 Å². The molecular weight excluding hydrogens is 610 g/mol. The number of hydrogen-bond donors (Lipinski definition) is 0. The van der Waals surface area contributed by atoms with E-state index in [2.05, 4.69) is 50.6 Å². The molecule has 3 saturated heterocycles. The minimum Gasteiger partial charge on any atom is -0.449 e. The minimum absolute atomic E-state index is 0.0522. The summed E-state index contributed by atoms with van der Waals surface area (Å²) in [4.78, 5) is 33.2. The van der Waals surface area contributed by atoms with Crippen molar-refractivity contribution in [2.45, 2.75) is 117 Å². The highest BCUT2D eigenvalue weighted by Gasteiger charge is 2.81. The molecule has 274 valence electrons. The van der Waals surface area contributed by atoms with Gasteiger partial charge in [-0.05, 0) is 112 Å². The number of nitrogens with zero attached hydrogens (tertiary/aromatic N) is 3. The molecular formula is C42H67N3O4. The van der Waals surface area contributed by atoms with E-state index in [4.69, 9.17) is 9.47 Å². The maximum atomic E-state index is 13.6. The molecule has 10 atom stereocenters. The quantitative estimate of drug-likeness (QED) is 0.189. The van der Waals surface area contributed by atoms with Gasteiger partial charge in [-0.2, -0.15) is 0 Å². The third-order valence-corrected chi connectivity index (χ3v) is 16.7. The number of amides is 1. The third-order valence-electron chi connectivity index (χ3n) is 16.7. The fraction of sp³-hybridized carbons (Fsp3) is 0.905. The van der Waals surface area contributed by atoms with Crippen molar-refractivity contribution in [3.63, 3.8) is 0 Å². The first-order chi connectivity index (χ1) is 23.6. The summed E-state index contributed by atoms with van der Waals surface area (Å²) >= 11 is 0. The Bertz CT molecular complexity index is 1260. The van der Waals surface area contributed by atoms with Gasteiger partial charge in [0, 0.05) is 49.0 Å². The van der Waals surface area contributed by atoms with Gasteiger partial charge in [0.2, 0.25) is 0 Å². The lowest BCUT2D eigenvalue weighted by atomic mass is 9.42. The number of aldehydes is 1. The molecule has 0 spiro atoms. The molecule has 0 radical (unpaired) electrons. The van der Waals surface area contributed by atoms with Crippen molar-refractivity contribution >= 4 is 12.4 Å². The fourth-order valence-electron chi connectivity index (χ4n) is 14.0. The number of fused-ring (bicyclic) bond motifs is 2. The summed E-state index contributed by atoms with van der Waals surface area (Å²) in [5.74, 6) is 4.76. The van der Waals surface area contributed by atoms with E-state index in [1.165, 1.54) is 64.1 Å². The van der Waals surface area contributed by atoms with E-state index >= 15 is 0 Å².